The maximum absolute atomic E-state index is 10.8. The second-order valence-corrected chi connectivity index (χ2v) is 7.44. The molecule has 2 bridgehead atoms. The molecular weight excluding hydrogens is 360 g/mol. The summed E-state index contributed by atoms with van der Waals surface area (Å²) in [7, 11) is 1.61. The summed E-state index contributed by atoms with van der Waals surface area (Å²) in [5.74, 6) is 0.782. The van der Waals surface area contributed by atoms with Gasteiger partial charge in [-0.15, -0.1) is 0 Å². The van der Waals surface area contributed by atoms with Gasteiger partial charge in [0.1, 0.15) is 12.4 Å². The second-order valence-electron chi connectivity index (χ2n) is 7.44. The maximum Gasteiger partial charge on any atom is 0.407 e. The quantitative estimate of drug-likeness (QED) is 0.718. The zero-order valence-electron chi connectivity index (χ0n) is 16.3. The Morgan fingerprint density at radius 3 is 2.39 bits per heavy atom. The Hall–Kier alpha value is -2.34. The summed E-state index contributed by atoms with van der Waals surface area (Å²) in [6.45, 7) is 6.46. The van der Waals surface area contributed by atoms with Crippen LogP contribution in [0.25, 0.3) is 0 Å². The molecule has 8 heteroatoms. The summed E-state index contributed by atoms with van der Waals surface area (Å²) in [6.07, 6.45) is 0.349. The lowest BCUT2D eigenvalue weighted by Gasteiger charge is -2.45. The molecule has 0 aromatic heterocycles. The van der Waals surface area contributed by atoms with Crippen LogP contribution in [-0.2, 0) is 4.74 Å². The van der Waals surface area contributed by atoms with Crippen LogP contribution in [0.1, 0.15) is 12.0 Å². The van der Waals surface area contributed by atoms with E-state index in [1.54, 1.807) is 19.2 Å². The van der Waals surface area contributed by atoms with Gasteiger partial charge in [-0.25, -0.2) is 4.79 Å². The van der Waals surface area contributed by atoms with E-state index >= 15 is 0 Å². The van der Waals surface area contributed by atoms with Gasteiger partial charge >= 0.3 is 6.09 Å². The molecule has 1 aromatic rings. The van der Waals surface area contributed by atoms with Crippen molar-refractivity contribution in [2.45, 2.75) is 18.6 Å². The average Bonchev–Trinajstić information content (AvgIpc) is 2.67. The number of hydrogen-bond acceptors (Lipinski definition) is 6. The van der Waals surface area contributed by atoms with Crippen molar-refractivity contribution in [3.05, 3.63) is 29.8 Å². The van der Waals surface area contributed by atoms with Crippen LogP contribution in [0.15, 0.2) is 24.3 Å². The molecular formula is C20H28N4O4. The molecule has 1 amide bonds. The zero-order chi connectivity index (χ0) is 19.9. The molecule has 152 valence electrons. The summed E-state index contributed by atoms with van der Waals surface area (Å²) in [5, 5.41) is 17.7. The molecule has 8 nitrogen and oxygen atoms in total. The van der Waals surface area contributed by atoms with Crippen LogP contribution in [0.5, 0.6) is 5.75 Å². The molecule has 1 aromatic carbocycles. The van der Waals surface area contributed by atoms with Gasteiger partial charge in [-0.2, -0.15) is 5.26 Å². The van der Waals surface area contributed by atoms with Crippen molar-refractivity contribution in [3.63, 3.8) is 0 Å². The van der Waals surface area contributed by atoms with Gasteiger partial charge in [-0.3, -0.25) is 9.80 Å². The monoisotopic (exact) mass is 388 g/mol. The number of nitrogens with zero attached hydrogens (tertiary/aromatic N) is 4. The van der Waals surface area contributed by atoms with Crippen LogP contribution in [0.3, 0.4) is 0 Å². The Morgan fingerprint density at radius 1 is 1.21 bits per heavy atom. The van der Waals surface area contributed by atoms with Crippen molar-refractivity contribution in [1.29, 1.82) is 5.26 Å². The van der Waals surface area contributed by atoms with Crippen molar-refractivity contribution in [2.75, 3.05) is 59.5 Å². The normalized spacial score (nSPS) is 22.4. The van der Waals surface area contributed by atoms with Crippen molar-refractivity contribution in [2.24, 2.45) is 0 Å². The summed E-state index contributed by atoms with van der Waals surface area (Å²) in [5.41, 5.74) is 0.632. The molecule has 2 fully saturated rings. The van der Waals surface area contributed by atoms with Crippen LogP contribution in [0, 0.1) is 11.3 Å². The van der Waals surface area contributed by atoms with Crippen LogP contribution >= 0.6 is 0 Å². The lowest BCUT2D eigenvalue weighted by Crippen LogP contribution is -2.60. The SMILES string of the molecule is CN(CCCN1CC2CN(CCOc3ccc(C#N)cc3)CC(C1)O2)C(=O)O. The first kappa shape index (κ1) is 20.4. The van der Waals surface area contributed by atoms with Gasteiger partial charge in [0.25, 0.3) is 0 Å². The van der Waals surface area contributed by atoms with E-state index < -0.39 is 6.09 Å². The molecule has 0 radical (unpaired) electrons. The second kappa shape index (κ2) is 9.73. The minimum Gasteiger partial charge on any atom is -0.492 e. The predicted octanol–water partition coefficient (Wildman–Crippen LogP) is 1.32. The molecule has 2 atom stereocenters. The Balaban J connectivity index is 1.36. The third kappa shape index (κ3) is 5.83. The number of ether oxygens (including phenoxy) is 2. The van der Waals surface area contributed by atoms with Gasteiger partial charge in [-0.05, 0) is 30.7 Å². The number of amides is 1. The minimum atomic E-state index is -0.877. The van der Waals surface area contributed by atoms with E-state index in [9.17, 15) is 4.79 Å². The third-order valence-corrected chi connectivity index (χ3v) is 5.19. The van der Waals surface area contributed by atoms with E-state index in [0.717, 1.165) is 51.4 Å². The fourth-order valence-electron chi connectivity index (χ4n) is 3.77. The largest absolute Gasteiger partial charge is 0.492 e. The number of morpholine rings is 2. The molecule has 0 spiro atoms. The fraction of sp³-hybridized carbons (Fsp3) is 0.600. The molecule has 2 aliphatic heterocycles. The molecule has 3 rings (SSSR count). The number of carboxylic acid groups (broad SMARTS) is 1. The smallest absolute Gasteiger partial charge is 0.407 e. The first-order valence-electron chi connectivity index (χ1n) is 9.70. The first-order chi connectivity index (χ1) is 13.5. The summed E-state index contributed by atoms with van der Waals surface area (Å²) in [4.78, 5) is 17.0. The molecule has 1 N–H and O–H groups in total. The highest BCUT2D eigenvalue weighted by atomic mass is 16.5. The topological polar surface area (TPSA) is 89.3 Å². The molecule has 0 aliphatic carbocycles. The standard InChI is InChI=1S/C20H28N4O4/c1-22(20(25)26)7-2-8-23-12-18-14-24(15-19(13-23)28-18)9-10-27-17-5-3-16(11-21)4-6-17/h3-6,18-19H,2,7-10,12-15H2,1H3,(H,25,26). The number of rotatable bonds is 8. The maximum atomic E-state index is 10.8. The molecule has 28 heavy (non-hydrogen) atoms. The Bertz CT molecular complexity index is 676. The van der Waals surface area contributed by atoms with Crippen LogP contribution in [0.4, 0.5) is 4.79 Å². The Labute approximate surface area is 165 Å². The number of benzene rings is 1. The zero-order valence-corrected chi connectivity index (χ0v) is 16.3. The summed E-state index contributed by atoms with van der Waals surface area (Å²) < 4.78 is 11.9. The minimum absolute atomic E-state index is 0.194. The van der Waals surface area contributed by atoms with Crippen molar-refractivity contribution in [3.8, 4) is 11.8 Å². The molecule has 2 heterocycles. The summed E-state index contributed by atoms with van der Waals surface area (Å²) in [6, 6.07) is 9.27. The Morgan fingerprint density at radius 2 is 1.82 bits per heavy atom. The molecule has 2 unspecified atom stereocenters. The molecule has 2 saturated heterocycles. The lowest BCUT2D eigenvalue weighted by atomic mass is 10.1. The fourth-order valence-corrected chi connectivity index (χ4v) is 3.77. The highest BCUT2D eigenvalue weighted by Gasteiger charge is 2.34. The number of hydrogen-bond donors (Lipinski definition) is 1. The van der Waals surface area contributed by atoms with E-state index in [4.69, 9.17) is 19.8 Å². The first-order valence-corrected chi connectivity index (χ1v) is 9.70. The highest BCUT2D eigenvalue weighted by molar-refractivity contribution is 5.64. The van der Waals surface area contributed by atoms with Crippen LogP contribution in [0.2, 0.25) is 0 Å². The van der Waals surface area contributed by atoms with Gasteiger partial charge in [0, 0.05) is 52.9 Å². The number of fused-ring (bicyclic) bond motifs is 2. The van der Waals surface area contributed by atoms with Gasteiger partial charge in [0.15, 0.2) is 0 Å². The molecule has 0 saturated carbocycles. The highest BCUT2D eigenvalue weighted by Crippen LogP contribution is 2.19. The van der Waals surface area contributed by atoms with E-state index in [2.05, 4.69) is 15.9 Å². The van der Waals surface area contributed by atoms with Gasteiger partial charge < -0.3 is 19.5 Å². The predicted molar refractivity (Wildman–Crippen MR) is 103 cm³/mol. The van der Waals surface area contributed by atoms with E-state index in [1.807, 2.05) is 12.1 Å². The third-order valence-electron chi connectivity index (χ3n) is 5.19. The molecule has 2 aliphatic rings. The lowest BCUT2D eigenvalue weighted by molar-refractivity contribution is -0.139. The van der Waals surface area contributed by atoms with E-state index in [0.29, 0.717) is 18.7 Å². The Kier molecular flexibility index (Phi) is 7.09. The van der Waals surface area contributed by atoms with E-state index in [1.165, 1.54) is 4.90 Å². The van der Waals surface area contributed by atoms with Gasteiger partial charge in [-0.1, -0.05) is 0 Å². The van der Waals surface area contributed by atoms with Gasteiger partial charge in [0.05, 0.1) is 23.8 Å². The number of nitriles is 1. The summed E-state index contributed by atoms with van der Waals surface area (Å²) >= 11 is 0. The van der Waals surface area contributed by atoms with Gasteiger partial charge in [0.2, 0.25) is 0 Å². The van der Waals surface area contributed by atoms with Crippen molar-refractivity contribution < 1.29 is 19.4 Å². The van der Waals surface area contributed by atoms with Crippen molar-refractivity contribution >= 4 is 6.09 Å². The average molecular weight is 388 g/mol. The number of carbonyl (C=O) groups is 1. The van der Waals surface area contributed by atoms with Crippen molar-refractivity contribution in [1.82, 2.24) is 14.7 Å². The van der Waals surface area contributed by atoms with E-state index in [-0.39, 0.29) is 12.2 Å². The van der Waals surface area contributed by atoms with Crippen LogP contribution < -0.4 is 4.74 Å². The van der Waals surface area contributed by atoms with Crippen LogP contribution in [-0.4, -0.2) is 97.6 Å².